The lowest BCUT2D eigenvalue weighted by molar-refractivity contribution is 0.0696. The van der Waals surface area contributed by atoms with Gasteiger partial charge in [0.05, 0.1) is 5.56 Å². The number of carbonyl (C=O) groups is 2. The third-order valence-electron chi connectivity index (χ3n) is 3.01. The van der Waals surface area contributed by atoms with E-state index in [1.807, 2.05) is 0 Å². The molecular weight excluding hydrogens is 246 g/mol. The average Bonchev–Trinajstić information content (AvgIpc) is 2.36. The molecule has 1 aromatic carbocycles. The molecule has 0 atom stereocenters. The van der Waals surface area contributed by atoms with E-state index in [1.165, 1.54) is 6.07 Å². The van der Waals surface area contributed by atoms with Crippen LogP contribution in [0.1, 0.15) is 22.3 Å². The van der Waals surface area contributed by atoms with Gasteiger partial charge in [-0.3, -0.25) is 10.3 Å². The van der Waals surface area contributed by atoms with Crippen molar-refractivity contribution in [1.29, 1.82) is 0 Å². The molecule has 1 aromatic rings. The van der Waals surface area contributed by atoms with Crippen molar-refractivity contribution in [3.8, 4) is 0 Å². The first-order chi connectivity index (χ1) is 8.99. The van der Waals surface area contributed by atoms with Crippen molar-refractivity contribution in [3.63, 3.8) is 0 Å². The highest BCUT2D eigenvalue weighted by atomic mass is 16.4. The predicted octanol–water partition coefficient (Wildman–Crippen LogP) is 1.32. The number of aromatic carboxylic acids is 1. The number of carboxylic acid groups (broad SMARTS) is 1. The summed E-state index contributed by atoms with van der Waals surface area (Å²) in [6.45, 7) is 0.638. The molecule has 0 saturated carbocycles. The number of nitrogens with one attached hydrogen (secondary N) is 1. The van der Waals surface area contributed by atoms with E-state index in [0.717, 1.165) is 24.1 Å². The summed E-state index contributed by atoms with van der Waals surface area (Å²) in [5, 5.41) is 10.6. The first-order valence-electron chi connectivity index (χ1n) is 6.10. The number of aryl methyl sites for hydroxylation is 1. The van der Waals surface area contributed by atoms with Gasteiger partial charge in [-0.2, -0.15) is 0 Å². The van der Waals surface area contributed by atoms with Gasteiger partial charge in [0, 0.05) is 26.3 Å². The van der Waals surface area contributed by atoms with Gasteiger partial charge in [-0.1, -0.05) is 0 Å². The minimum absolute atomic E-state index is 0.200. The van der Waals surface area contributed by atoms with E-state index in [4.69, 9.17) is 5.11 Å². The fraction of sp³-hybridized carbons (Fsp3) is 0.385. The molecular formula is C13H17N3O3. The van der Waals surface area contributed by atoms with Gasteiger partial charge in [-0.05, 0) is 36.6 Å². The van der Waals surface area contributed by atoms with Gasteiger partial charge < -0.3 is 5.11 Å². The van der Waals surface area contributed by atoms with Gasteiger partial charge in [0.15, 0.2) is 0 Å². The van der Waals surface area contributed by atoms with Crippen molar-refractivity contribution in [2.45, 2.75) is 12.8 Å². The zero-order valence-corrected chi connectivity index (χ0v) is 11.0. The van der Waals surface area contributed by atoms with Crippen molar-refractivity contribution in [2.75, 3.05) is 25.5 Å². The Bertz CT molecular complexity index is 514. The minimum atomic E-state index is -0.947. The maximum absolute atomic E-state index is 12.0. The number of amides is 2. The van der Waals surface area contributed by atoms with E-state index >= 15 is 0 Å². The minimum Gasteiger partial charge on any atom is -0.478 e. The van der Waals surface area contributed by atoms with Crippen LogP contribution in [0.3, 0.4) is 0 Å². The largest absolute Gasteiger partial charge is 0.478 e. The number of urea groups is 1. The highest BCUT2D eigenvalue weighted by Gasteiger charge is 2.23. The molecule has 0 aromatic heterocycles. The Morgan fingerprint density at radius 2 is 2.11 bits per heavy atom. The highest BCUT2D eigenvalue weighted by Crippen LogP contribution is 2.28. The summed E-state index contributed by atoms with van der Waals surface area (Å²) in [5.74, 6) is -0.947. The molecule has 6 nitrogen and oxygen atoms in total. The second-order valence-corrected chi connectivity index (χ2v) is 4.72. The second-order valence-electron chi connectivity index (χ2n) is 4.72. The van der Waals surface area contributed by atoms with E-state index in [9.17, 15) is 9.59 Å². The van der Waals surface area contributed by atoms with Crippen LogP contribution in [0.4, 0.5) is 10.5 Å². The van der Waals surface area contributed by atoms with E-state index in [2.05, 4.69) is 5.43 Å². The standard InChI is InChI=1S/C13H17N3O3/c1-15(2)14-13(19)16-7-3-4-9-8-10(12(17)18)5-6-11(9)16/h5-6,8H,3-4,7H2,1-2H3,(H,14,19)(H,17,18). The zero-order chi connectivity index (χ0) is 14.0. The van der Waals surface area contributed by atoms with Crippen LogP contribution in [0, 0.1) is 0 Å². The summed E-state index contributed by atoms with van der Waals surface area (Å²) in [6.07, 6.45) is 1.62. The SMILES string of the molecule is CN(C)NC(=O)N1CCCc2cc(C(=O)O)ccc21. The van der Waals surface area contributed by atoms with Crippen molar-refractivity contribution < 1.29 is 14.7 Å². The van der Waals surface area contributed by atoms with Gasteiger partial charge in [0.25, 0.3) is 0 Å². The Morgan fingerprint density at radius 1 is 1.37 bits per heavy atom. The number of hydrogen-bond acceptors (Lipinski definition) is 3. The number of anilines is 1. The molecule has 0 spiro atoms. The molecule has 0 radical (unpaired) electrons. The molecule has 0 unspecified atom stereocenters. The summed E-state index contributed by atoms with van der Waals surface area (Å²) < 4.78 is 0. The van der Waals surface area contributed by atoms with Crippen molar-refractivity contribution in [3.05, 3.63) is 29.3 Å². The molecule has 1 aliphatic heterocycles. The Labute approximate surface area is 111 Å². The smallest absolute Gasteiger partial charge is 0.336 e. The summed E-state index contributed by atoms with van der Waals surface area (Å²) in [7, 11) is 3.49. The van der Waals surface area contributed by atoms with Crippen molar-refractivity contribution >= 4 is 17.7 Å². The van der Waals surface area contributed by atoms with Gasteiger partial charge in [0.1, 0.15) is 0 Å². The van der Waals surface area contributed by atoms with Crippen LogP contribution >= 0.6 is 0 Å². The molecule has 19 heavy (non-hydrogen) atoms. The van der Waals surface area contributed by atoms with E-state index in [-0.39, 0.29) is 11.6 Å². The lowest BCUT2D eigenvalue weighted by atomic mass is 9.99. The summed E-state index contributed by atoms with van der Waals surface area (Å²) >= 11 is 0. The molecule has 0 saturated heterocycles. The third kappa shape index (κ3) is 2.85. The van der Waals surface area contributed by atoms with Crippen LogP contribution in [-0.2, 0) is 6.42 Å². The number of nitrogens with zero attached hydrogens (tertiary/aromatic N) is 2. The number of carboxylic acids is 1. The Kier molecular flexibility index (Phi) is 3.71. The van der Waals surface area contributed by atoms with Crippen LogP contribution in [0.5, 0.6) is 0 Å². The van der Waals surface area contributed by atoms with E-state index in [1.54, 1.807) is 36.1 Å². The Morgan fingerprint density at radius 3 is 2.74 bits per heavy atom. The summed E-state index contributed by atoms with van der Waals surface area (Å²) in [6, 6.07) is 4.68. The molecule has 0 bridgehead atoms. The maximum Gasteiger partial charge on any atom is 0.336 e. The lowest BCUT2D eigenvalue weighted by Crippen LogP contribution is -2.47. The van der Waals surface area contributed by atoms with Gasteiger partial charge in [0.2, 0.25) is 0 Å². The quantitative estimate of drug-likeness (QED) is 0.789. The molecule has 0 aliphatic carbocycles. The molecule has 1 aliphatic rings. The number of benzene rings is 1. The van der Waals surface area contributed by atoms with Crippen LogP contribution in [0.2, 0.25) is 0 Å². The molecule has 6 heteroatoms. The number of hydrazine groups is 1. The second kappa shape index (κ2) is 5.27. The summed E-state index contributed by atoms with van der Waals surface area (Å²) in [4.78, 5) is 24.6. The normalized spacial score (nSPS) is 14.2. The first-order valence-corrected chi connectivity index (χ1v) is 6.10. The lowest BCUT2D eigenvalue weighted by Gasteiger charge is -2.30. The van der Waals surface area contributed by atoms with Gasteiger partial charge in [-0.15, -0.1) is 0 Å². The highest BCUT2D eigenvalue weighted by molar-refractivity contribution is 5.94. The fourth-order valence-electron chi connectivity index (χ4n) is 2.19. The molecule has 2 amide bonds. The Balaban J connectivity index is 2.29. The van der Waals surface area contributed by atoms with Crippen molar-refractivity contribution in [1.82, 2.24) is 10.4 Å². The third-order valence-corrected chi connectivity index (χ3v) is 3.01. The van der Waals surface area contributed by atoms with Gasteiger partial charge >= 0.3 is 12.0 Å². The molecule has 1 heterocycles. The zero-order valence-electron chi connectivity index (χ0n) is 11.0. The fourth-order valence-corrected chi connectivity index (χ4v) is 2.19. The number of rotatable bonds is 2. The average molecular weight is 263 g/mol. The molecule has 102 valence electrons. The topological polar surface area (TPSA) is 72.9 Å². The van der Waals surface area contributed by atoms with E-state index in [0.29, 0.717) is 6.54 Å². The summed E-state index contributed by atoms with van der Waals surface area (Å²) in [5.41, 5.74) is 4.64. The molecule has 0 fully saturated rings. The molecule has 2 rings (SSSR count). The predicted molar refractivity (Wildman–Crippen MR) is 71.3 cm³/mol. The molecule has 2 N–H and O–H groups in total. The Hall–Kier alpha value is -2.08. The maximum atomic E-state index is 12.0. The van der Waals surface area contributed by atoms with E-state index < -0.39 is 5.97 Å². The first kappa shape index (κ1) is 13.4. The number of fused-ring (bicyclic) bond motifs is 1. The monoisotopic (exact) mass is 263 g/mol. The van der Waals surface area contributed by atoms with Crippen LogP contribution in [-0.4, -0.2) is 42.8 Å². The van der Waals surface area contributed by atoms with Crippen LogP contribution < -0.4 is 10.3 Å². The van der Waals surface area contributed by atoms with Gasteiger partial charge in [-0.25, -0.2) is 14.6 Å². The van der Waals surface area contributed by atoms with Crippen molar-refractivity contribution in [2.24, 2.45) is 0 Å². The number of carbonyl (C=O) groups excluding carboxylic acids is 1. The van der Waals surface area contributed by atoms with Crippen LogP contribution in [0.25, 0.3) is 0 Å². The van der Waals surface area contributed by atoms with Crippen LogP contribution in [0.15, 0.2) is 18.2 Å². The number of hydrogen-bond donors (Lipinski definition) is 2.